The van der Waals surface area contributed by atoms with E-state index in [4.69, 9.17) is 10.1 Å². The molecular weight excluding hydrogens is 535 g/mol. The molecule has 141 valence electrons. The van der Waals surface area contributed by atoms with E-state index in [-0.39, 0.29) is 31.6 Å². The molecule has 0 saturated heterocycles. The van der Waals surface area contributed by atoms with Crippen molar-refractivity contribution in [2.75, 3.05) is 0 Å². The monoisotopic (exact) mass is 555 g/mol. The van der Waals surface area contributed by atoms with E-state index in [0.717, 1.165) is 24.1 Å². The number of nitrogens with zero attached hydrogens (tertiary/aromatic N) is 1. The first kappa shape index (κ1) is 21.2. The van der Waals surface area contributed by atoms with Gasteiger partial charge in [0.05, 0.1) is 5.76 Å². The molecule has 3 nitrogen and oxygen atoms in total. The number of aliphatic hydroxyl groups excluding tert-OH is 1. The van der Waals surface area contributed by atoms with Crippen molar-refractivity contribution >= 4 is 33.3 Å². The first-order valence-electron chi connectivity index (χ1n) is 8.48. The van der Waals surface area contributed by atoms with Crippen LogP contribution in [-0.2, 0) is 31.3 Å². The number of aryl methyl sites for hydroxylation is 1. The second-order valence-corrected chi connectivity index (χ2v) is 7.01. The predicted molar refractivity (Wildman–Crippen MR) is 108 cm³/mol. The normalized spacial score (nSPS) is 12.6. The Bertz CT molecular complexity index is 986. The second kappa shape index (κ2) is 9.75. The fourth-order valence-corrected chi connectivity index (χ4v) is 3.86. The summed E-state index contributed by atoms with van der Waals surface area (Å²) in [7, 11) is 0. The number of carbonyl (C=O) groups excluding carboxylic acids is 1. The first-order chi connectivity index (χ1) is 12.6. The summed E-state index contributed by atoms with van der Waals surface area (Å²) in [6.07, 6.45) is 7.77. The van der Waals surface area contributed by atoms with Crippen molar-refractivity contribution in [3.05, 3.63) is 70.9 Å². The summed E-state index contributed by atoms with van der Waals surface area (Å²) in [6, 6.07) is 13.6. The van der Waals surface area contributed by atoms with Crippen molar-refractivity contribution in [2.24, 2.45) is 0 Å². The van der Waals surface area contributed by atoms with Crippen LogP contribution >= 0.6 is 11.3 Å². The Morgan fingerprint density at radius 1 is 1.30 bits per heavy atom. The molecular formula is C22H20IrNO2S-. The quantitative estimate of drug-likeness (QED) is 0.249. The molecule has 5 heteroatoms. The number of aromatic nitrogens is 1. The molecule has 0 atom stereocenters. The van der Waals surface area contributed by atoms with Crippen molar-refractivity contribution in [1.82, 2.24) is 4.98 Å². The number of rotatable bonds is 2. The molecule has 0 unspecified atom stereocenters. The zero-order chi connectivity index (χ0) is 18.5. The van der Waals surface area contributed by atoms with Crippen LogP contribution in [0.1, 0.15) is 31.5 Å². The van der Waals surface area contributed by atoms with Crippen molar-refractivity contribution in [3.63, 3.8) is 0 Å². The Hall–Kier alpha value is -2.07. The zero-order valence-corrected chi connectivity index (χ0v) is 18.4. The van der Waals surface area contributed by atoms with E-state index in [1.165, 1.54) is 41.3 Å². The standard InChI is InChI=1S/C17H12NS.C5H8O2.Ir/c1-2-6-12(7-3-1)16-14-10-11-19-17(14)13-8-4-5-9-15(13)18-16;1-4(6)3-5(2)7;/h1-4,6,8,10-11H,5,9H2;3,6H,1-2H3;/q-1;;/b;4-3-;. The number of ketones is 1. The van der Waals surface area contributed by atoms with Crippen LogP contribution < -0.4 is 0 Å². The van der Waals surface area contributed by atoms with Crippen molar-refractivity contribution in [2.45, 2.75) is 26.7 Å². The number of thiophene rings is 1. The van der Waals surface area contributed by atoms with Crippen LogP contribution in [0.3, 0.4) is 0 Å². The molecule has 0 aliphatic heterocycles. The summed E-state index contributed by atoms with van der Waals surface area (Å²) in [6.45, 7) is 2.85. The summed E-state index contributed by atoms with van der Waals surface area (Å²) >= 11 is 1.81. The first-order valence-corrected chi connectivity index (χ1v) is 9.35. The molecule has 4 rings (SSSR count). The number of allylic oxidation sites excluding steroid dienone is 3. The van der Waals surface area contributed by atoms with E-state index in [1.54, 1.807) is 11.3 Å². The van der Waals surface area contributed by atoms with Crippen LogP contribution in [0.5, 0.6) is 0 Å². The van der Waals surface area contributed by atoms with E-state index < -0.39 is 0 Å². The SMILES string of the molecule is CC(=O)/C=C(/C)O.[Ir].[c-]1ccccc1-c1nc2c(c3sccc13)C=CCC2. The molecule has 0 bridgehead atoms. The molecule has 1 radical (unpaired) electrons. The molecule has 0 fully saturated rings. The number of benzene rings is 1. The third-order valence-electron chi connectivity index (χ3n) is 3.93. The minimum atomic E-state index is -0.125. The van der Waals surface area contributed by atoms with Gasteiger partial charge in [0.1, 0.15) is 0 Å². The minimum absolute atomic E-state index is 0. The van der Waals surface area contributed by atoms with Crippen LogP contribution in [0, 0.1) is 6.07 Å². The number of hydrogen-bond acceptors (Lipinski definition) is 4. The Labute approximate surface area is 176 Å². The van der Waals surface area contributed by atoms with Crippen molar-refractivity contribution in [1.29, 1.82) is 0 Å². The molecule has 0 saturated carbocycles. The van der Waals surface area contributed by atoms with E-state index in [0.29, 0.717) is 0 Å². The molecule has 1 aromatic carbocycles. The van der Waals surface area contributed by atoms with Gasteiger partial charge in [-0.2, -0.15) is 0 Å². The second-order valence-electron chi connectivity index (χ2n) is 6.10. The van der Waals surface area contributed by atoms with Gasteiger partial charge in [-0.05, 0) is 43.1 Å². The van der Waals surface area contributed by atoms with Crippen molar-refractivity contribution < 1.29 is 30.0 Å². The number of fused-ring (bicyclic) bond motifs is 3. The Morgan fingerprint density at radius 3 is 2.74 bits per heavy atom. The van der Waals surface area contributed by atoms with Gasteiger partial charge in [-0.25, -0.2) is 0 Å². The largest absolute Gasteiger partial charge is 0.512 e. The molecule has 2 heterocycles. The van der Waals surface area contributed by atoms with Gasteiger partial charge in [-0.15, -0.1) is 47.2 Å². The minimum Gasteiger partial charge on any atom is -0.512 e. The third-order valence-corrected chi connectivity index (χ3v) is 4.88. The van der Waals surface area contributed by atoms with Crippen LogP contribution in [0.15, 0.2) is 53.6 Å². The topological polar surface area (TPSA) is 50.2 Å². The molecule has 1 N–H and O–H groups in total. The molecule has 27 heavy (non-hydrogen) atoms. The van der Waals surface area contributed by atoms with Gasteiger partial charge < -0.3 is 5.11 Å². The Kier molecular flexibility index (Phi) is 7.66. The van der Waals surface area contributed by atoms with Gasteiger partial charge in [0, 0.05) is 42.1 Å². The molecule has 3 aromatic rings. The fraction of sp³-hybridized carbons (Fsp3) is 0.182. The number of carbonyl (C=O) groups is 1. The number of hydrogen-bond donors (Lipinski definition) is 1. The van der Waals surface area contributed by atoms with Crippen LogP contribution in [-0.4, -0.2) is 15.9 Å². The third kappa shape index (κ3) is 5.23. The maximum Gasteiger partial charge on any atom is 0.155 e. The molecule has 1 aliphatic rings. The zero-order valence-electron chi connectivity index (χ0n) is 15.2. The van der Waals surface area contributed by atoms with Gasteiger partial charge >= 0.3 is 0 Å². The summed E-state index contributed by atoms with van der Waals surface area (Å²) in [5.41, 5.74) is 4.70. The molecule has 0 spiro atoms. The van der Waals surface area contributed by atoms with E-state index >= 15 is 0 Å². The Balaban J connectivity index is 0.000000285. The smallest absolute Gasteiger partial charge is 0.155 e. The summed E-state index contributed by atoms with van der Waals surface area (Å²) < 4.78 is 1.35. The average Bonchev–Trinajstić information content (AvgIpc) is 3.11. The van der Waals surface area contributed by atoms with Crippen LogP contribution in [0.2, 0.25) is 0 Å². The van der Waals surface area contributed by atoms with Gasteiger partial charge in [-0.1, -0.05) is 18.2 Å². The van der Waals surface area contributed by atoms with Gasteiger partial charge in [0.25, 0.3) is 0 Å². The van der Waals surface area contributed by atoms with Crippen LogP contribution in [0.4, 0.5) is 0 Å². The van der Waals surface area contributed by atoms with Gasteiger partial charge in [0.15, 0.2) is 5.78 Å². The van der Waals surface area contributed by atoms with E-state index in [2.05, 4.69) is 35.7 Å². The van der Waals surface area contributed by atoms with Gasteiger partial charge in [-0.3, -0.25) is 9.78 Å². The fourth-order valence-electron chi connectivity index (χ4n) is 2.91. The molecule has 2 aromatic heterocycles. The number of pyridine rings is 1. The predicted octanol–water partition coefficient (Wildman–Crippen LogP) is 5.76. The van der Waals surface area contributed by atoms with Crippen molar-refractivity contribution in [3.8, 4) is 11.3 Å². The Morgan fingerprint density at radius 2 is 2.11 bits per heavy atom. The maximum absolute atomic E-state index is 10.0. The summed E-state index contributed by atoms with van der Waals surface area (Å²) in [4.78, 5) is 14.9. The maximum atomic E-state index is 10.0. The van der Waals surface area contributed by atoms with E-state index in [1.807, 2.05) is 18.2 Å². The van der Waals surface area contributed by atoms with Crippen LogP contribution in [0.25, 0.3) is 27.4 Å². The average molecular weight is 555 g/mol. The number of aliphatic hydroxyl groups is 1. The van der Waals surface area contributed by atoms with E-state index in [9.17, 15) is 4.79 Å². The van der Waals surface area contributed by atoms with Gasteiger partial charge in [0.2, 0.25) is 0 Å². The molecule has 0 amide bonds. The molecule has 1 aliphatic carbocycles. The summed E-state index contributed by atoms with van der Waals surface area (Å²) in [5, 5.41) is 11.8. The summed E-state index contributed by atoms with van der Waals surface area (Å²) in [5.74, 6) is -0.0625.